The van der Waals surface area contributed by atoms with Gasteiger partial charge in [0.1, 0.15) is 12.2 Å². The van der Waals surface area contributed by atoms with Gasteiger partial charge in [0, 0.05) is 10.6 Å². The minimum absolute atomic E-state index is 0.194. The van der Waals surface area contributed by atoms with Gasteiger partial charge in [-0.1, -0.05) is 17.7 Å². The van der Waals surface area contributed by atoms with Crippen molar-refractivity contribution in [3.05, 3.63) is 22.8 Å². The summed E-state index contributed by atoms with van der Waals surface area (Å²) in [5, 5.41) is 18.4. The van der Waals surface area contributed by atoms with Crippen LogP contribution in [0.15, 0.2) is 22.8 Å². The molecule has 0 fully saturated rings. The Morgan fingerprint density at radius 2 is 2.25 bits per heavy atom. The number of Topliss-reactive ketones (excluding diaryl/α,β-unsaturated/α-hetero) is 1. The topological polar surface area (TPSA) is 57.5 Å². The van der Waals surface area contributed by atoms with E-state index in [-0.39, 0.29) is 10.6 Å². The molecule has 12 heavy (non-hydrogen) atoms. The number of carbonyl (C=O) groups excluding carboxylic acids is 1. The predicted molar refractivity (Wildman–Crippen MR) is 44.7 cm³/mol. The Morgan fingerprint density at radius 3 is 2.58 bits per heavy atom. The monoisotopic (exact) mass is 188 g/mol. The summed E-state index contributed by atoms with van der Waals surface area (Å²) in [5.74, 6) is -0.523. The lowest BCUT2D eigenvalue weighted by Gasteiger charge is -2.03. The van der Waals surface area contributed by atoms with Crippen molar-refractivity contribution in [1.82, 2.24) is 0 Å². The van der Waals surface area contributed by atoms with Crippen LogP contribution in [0, 0.1) is 0 Å². The molecule has 4 heteroatoms. The van der Waals surface area contributed by atoms with E-state index in [0.717, 1.165) is 0 Å². The number of hydrogen-bond acceptors (Lipinski definition) is 3. The summed E-state index contributed by atoms with van der Waals surface area (Å²) in [4.78, 5) is 11.1. The predicted octanol–water partition coefficient (Wildman–Crippen LogP) is 0.360. The van der Waals surface area contributed by atoms with Crippen molar-refractivity contribution in [1.29, 1.82) is 0 Å². The minimum atomic E-state index is -1.35. The van der Waals surface area contributed by atoms with Gasteiger partial charge in [0.15, 0.2) is 5.78 Å². The second-order valence-electron chi connectivity index (χ2n) is 2.52. The molecule has 0 radical (unpaired) electrons. The highest BCUT2D eigenvalue weighted by atomic mass is 35.5. The van der Waals surface area contributed by atoms with Gasteiger partial charge in [0.2, 0.25) is 0 Å². The smallest absolute Gasteiger partial charge is 0.195 e. The zero-order chi connectivity index (χ0) is 9.30. The zero-order valence-electron chi connectivity index (χ0n) is 6.49. The largest absolute Gasteiger partial charge is 0.386 e. The van der Waals surface area contributed by atoms with Crippen LogP contribution >= 0.6 is 11.6 Å². The molecule has 0 aromatic heterocycles. The summed E-state index contributed by atoms with van der Waals surface area (Å²) in [5.41, 5.74) is 0.194. The van der Waals surface area contributed by atoms with Gasteiger partial charge in [0.05, 0.1) is 0 Å². The lowest BCUT2D eigenvalue weighted by molar-refractivity contribution is -0.125. The maximum Gasteiger partial charge on any atom is 0.195 e. The molecule has 0 aliphatic heterocycles. The molecule has 2 N–H and O–H groups in total. The maximum absolute atomic E-state index is 11.1. The first-order valence-electron chi connectivity index (χ1n) is 3.52. The Morgan fingerprint density at radius 1 is 1.67 bits per heavy atom. The molecule has 2 atom stereocenters. The number of aliphatic hydroxyl groups is 2. The van der Waals surface area contributed by atoms with Crippen molar-refractivity contribution in [2.45, 2.75) is 19.1 Å². The van der Waals surface area contributed by atoms with Gasteiger partial charge in [-0.05, 0) is 13.0 Å². The fourth-order valence-electron chi connectivity index (χ4n) is 1.01. The Kier molecular flexibility index (Phi) is 2.67. The first-order valence-corrected chi connectivity index (χ1v) is 3.90. The molecule has 0 bridgehead atoms. The van der Waals surface area contributed by atoms with E-state index in [2.05, 4.69) is 0 Å². The third-order valence-corrected chi connectivity index (χ3v) is 2.13. The van der Waals surface area contributed by atoms with Crippen molar-refractivity contribution < 1.29 is 15.0 Å². The van der Waals surface area contributed by atoms with E-state index in [9.17, 15) is 4.79 Å². The SMILES string of the molecule is C/C=C(/Cl)C1=CC(O)C(O)C1=O. The van der Waals surface area contributed by atoms with Crippen LogP contribution in [0.25, 0.3) is 0 Å². The van der Waals surface area contributed by atoms with Crippen LogP contribution in [-0.2, 0) is 4.79 Å². The summed E-state index contributed by atoms with van der Waals surface area (Å²) in [7, 11) is 0. The quantitative estimate of drug-likeness (QED) is 0.625. The second-order valence-corrected chi connectivity index (χ2v) is 2.92. The van der Waals surface area contributed by atoms with Gasteiger partial charge >= 0.3 is 0 Å². The third kappa shape index (κ3) is 1.43. The molecule has 0 aromatic carbocycles. The Bertz CT molecular complexity index is 267. The number of hydrogen-bond donors (Lipinski definition) is 2. The van der Waals surface area contributed by atoms with Gasteiger partial charge in [-0.3, -0.25) is 4.79 Å². The van der Waals surface area contributed by atoms with E-state index in [4.69, 9.17) is 21.8 Å². The molecule has 0 spiro atoms. The third-order valence-electron chi connectivity index (χ3n) is 1.71. The fourth-order valence-corrected chi connectivity index (χ4v) is 1.17. The van der Waals surface area contributed by atoms with Crippen molar-refractivity contribution >= 4 is 17.4 Å². The number of halogens is 1. The molecular formula is C8H9ClO3. The van der Waals surface area contributed by atoms with E-state index >= 15 is 0 Å². The minimum Gasteiger partial charge on any atom is -0.386 e. The molecule has 0 saturated carbocycles. The molecule has 1 aliphatic rings. The van der Waals surface area contributed by atoms with E-state index in [1.165, 1.54) is 12.2 Å². The lowest BCUT2D eigenvalue weighted by Crippen LogP contribution is -2.26. The fraction of sp³-hybridized carbons (Fsp3) is 0.375. The first kappa shape index (κ1) is 9.45. The summed E-state index contributed by atoms with van der Waals surface area (Å²) in [6.07, 6.45) is 0.320. The second kappa shape index (κ2) is 3.39. The highest BCUT2D eigenvalue weighted by Gasteiger charge is 2.33. The van der Waals surface area contributed by atoms with Gasteiger partial charge in [-0.15, -0.1) is 0 Å². The number of rotatable bonds is 1. The first-order chi connectivity index (χ1) is 5.57. The summed E-state index contributed by atoms with van der Waals surface area (Å²) < 4.78 is 0. The molecule has 3 nitrogen and oxygen atoms in total. The van der Waals surface area contributed by atoms with Gasteiger partial charge < -0.3 is 10.2 Å². The Labute approximate surface area is 75.0 Å². The number of allylic oxidation sites excluding steroid dienone is 2. The van der Waals surface area contributed by atoms with Crippen LogP contribution in [0.4, 0.5) is 0 Å². The van der Waals surface area contributed by atoms with E-state index in [1.807, 2.05) is 0 Å². The summed E-state index contributed by atoms with van der Waals surface area (Å²) in [6, 6.07) is 0. The molecule has 0 amide bonds. The molecule has 66 valence electrons. The molecule has 2 unspecified atom stereocenters. The number of aliphatic hydroxyl groups excluding tert-OH is 2. The van der Waals surface area contributed by atoms with E-state index < -0.39 is 18.0 Å². The van der Waals surface area contributed by atoms with Gasteiger partial charge in [-0.25, -0.2) is 0 Å². The standard InChI is InChI=1S/C8H9ClO3/c1-2-5(9)4-3-6(10)8(12)7(4)11/h2-3,6,8,10,12H,1H3/b5-2+. The van der Waals surface area contributed by atoms with Crippen LogP contribution in [0.1, 0.15) is 6.92 Å². The van der Waals surface area contributed by atoms with Crippen molar-refractivity contribution in [2.75, 3.05) is 0 Å². The van der Waals surface area contributed by atoms with Crippen LogP contribution in [-0.4, -0.2) is 28.2 Å². The average molecular weight is 189 g/mol. The van der Waals surface area contributed by atoms with Crippen molar-refractivity contribution in [3.63, 3.8) is 0 Å². The number of carbonyl (C=O) groups is 1. The van der Waals surface area contributed by atoms with Crippen LogP contribution in [0.5, 0.6) is 0 Å². The van der Waals surface area contributed by atoms with Crippen LogP contribution in [0.3, 0.4) is 0 Å². The van der Waals surface area contributed by atoms with Crippen LogP contribution in [0.2, 0.25) is 0 Å². The molecule has 0 saturated heterocycles. The van der Waals surface area contributed by atoms with Crippen LogP contribution < -0.4 is 0 Å². The molecule has 1 rings (SSSR count). The van der Waals surface area contributed by atoms with Gasteiger partial charge in [0.25, 0.3) is 0 Å². The van der Waals surface area contributed by atoms with E-state index in [0.29, 0.717) is 0 Å². The lowest BCUT2D eigenvalue weighted by atomic mass is 10.2. The summed E-state index contributed by atoms with van der Waals surface area (Å²) in [6.45, 7) is 1.67. The van der Waals surface area contributed by atoms with E-state index in [1.54, 1.807) is 6.92 Å². The summed E-state index contributed by atoms with van der Waals surface area (Å²) >= 11 is 5.65. The Hall–Kier alpha value is -0.640. The molecule has 0 aromatic rings. The number of ketones is 1. The zero-order valence-corrected chi connectivity index (χ0v) is 7.25. The normalized spacial score (nSPS) is 30.8. The maximum atomic E-state index is 11.1. The Balaban J connectivity index is 2.95. The highest BCUT2D eigenvalue weighted by molar-refractivity contribution is 6.36. The highest BCUT2D eigenvalue weighted by Crippen LogP contribution is 2.24. The van der Waals surface area contributed by atoms with Gasteiger partial charge in [-0.2, -0.15) is 0 Å². The van der Waals surface area contributed by atoms with Crippen molar-refractivity contribution in [2.24, 2.45) is 0 Å². The average Bonchev–Trinajstić information content (AvgIpc) is 2.32. The van der Waals surface area contributed by atoms with Crippen molar-refractivity contribution in [3.8, 4) is 0 Å². The molecule has 0 heterocycles. The molecule has 1 aliphatic carbocycles. The molecular weight excluding hydrogens is 180 g/mol.